The number of hydrogen-bond acceptors (Lipinski definition) is 6. The Morgan fingerprint density at radius 2 is 2.30 bits per heavy atom. The topological polar surface area (TPSA) is 93.9 Å². The summed E-state index contributed by atoms with van der Waals surface area (Å²) >= 11 is 5.91. The summed E-state index contributed by atoms with van der Waals surface area (Å²) in [4.78, 5) is 8.60. The van der Waals surface area contributed by atoms with Gasteiger partial charge in [-0.2, -0.15) is 0 Å². The molecule has 1 aliphatic rings. The van der Waals surface area contributed by atoms with Crippen LogP contribution in [-0.4, -0.2) is 40.1 Å². The average molecular weight is 332 g/mol. The lowest BCUT2D eigenvalue weighted by molar-refractivity contribution is 0.154. The fourth-order valence-corrected chi connectivity index (χ4v) is 2.77. The number of halogens is 1. The molecule has 0 radical (unpaired) electrons. The van der Waals surface area contributed by atoms with Crippen molar-refractivity contribution in [1.82, 2.24) is 20.6 Å². The summed E-state index contributed by atoms with van der Waals surface area (Å²) in [6, 6.07) is 5.62. The van der Waals surface area contributed by atoms with E-state index in [4.69, 9.17) is 17.0 Å². The highest BCUT2D eigenvalue weighted by atomic mass is 35.5. The molecule has 0 spiro atoms. The Hall–Kier alpha value is -2.02. The number of allylic oxidation sites excluding steroid dienone is 1. The number of nitrogens with one attached hydrogen (secondary N) is 3. The lowest BCUT2D eigenvalue weighted by atomic mass is 10.1. The Morgan fingerprint density at radius 3 is 3.04 bits per heavy atom. The maximum Gasteiger partial charge on any atom is 0.129 e. The van der Waals surface area contributed by atoms with Crippen LogP contribution in [0.15, 0.2) is 30.6 Å². The summed E-state index contributed by atoms with van der Waals surface area (Å²) in [5, 5.41) is 23.7. The molecule has 0 amide bonds. The van der Waals surface area contributed by atoms with Gasteiger partial charge in [0.15, 0.2) is 0 Å². The van der Waals surface area contributed by atoms with E-state index in [1.807, 2.05) is 12.1 Å². The summed E-state index contributed by atoms with van der Waals surface area (Å²) in [5.41, 5.74) is 2.97. The van der Waals surface area contributed by atoms with Crippen molar-refractivity contribution in [2.24, 2.45) is 0 Å². The molecule has 6 nitrogen and oxygen atoms in total. The summed E-state index contributed by atoms with van der Waals surface area (Å²) in [6.45, 7) is 0.694. The second-order valence-electron chi connectivity index (χ2n) is 5.51. The van der Waals surface area contributed by atoms with E-state index in [9.17, 15) is 5.11 Å². The van der Waals surface area contributed by atoms with Crippen LogP contribution in [-0.2, 0) is 0 Å². The quantitative estimate of drug-likeness (QED) is 0.496. The van der Waals surface area contributed by atoms with Gasteiger partial charge in [0.25, 0.3) is 0 Å². The normalized spacial score (nSPS) is 21.6. The molecule has 0 aromatic carbocycles. The van der Waals surface area contributed by atoms with Gasteiger partial charge in [-0.15, -0.1) is 0 Å². The van der Waals surface area contributed by atoms with Crippen molar-refractivity contribution in [3.63, 3.8) is 0 Å². The zero-order valence-corrected chi connectivity index (χ0v) is 13.2. The van der Waals surface area contributed by atoms with Gasteiger partial charge < -0.3 is 15.8 Å². The zero-order valence-electron chi connectivity index (χ0n) is 12.5. The van der Waals surface area contributed by atoms with Crippen molar-refractivity contribution < 1.29 is 5.11 Å². The third-order valence-corrected chi connectivity index (χ3v) is 4.04. The summed E-state index contributed by atoms with van der Waals surface area (Å²) in [7, 11) is 0. The molecule has 3 heterocycles. The fourth-order valence-electron chi connectivity index (χ4n) is 2.62. The van der Waals surface area contributed by atoms with E-state index in [1.54, 1.807) is 18.5 Å². The van der Waals surface area contributed by atoms with Gasteiger partial charge in [0, 0.05) is 42.3 Å². The van der Waals surface area contributed by atoms with Crippen LogP contribution >= 0.6 is 11.6 Å². The van der Waals surface area contributed by atoms with Gasteiger partial charge in [-0.3, -0.25) is 10.3 Å². The van der Waals surface area contributed by atoms with Crippen LogP contribution in [0, 0.1) is 5.41 Å². The molecule has 2 aromatic heterocycles. The van der Waals surface area contributed by atoms with Crippen LogP contribution in [0.5, 0.6) is 0 Å². The Labute approximate surface area is 139 Å². The van der Waals surface area contributed by atoms with Gasteiger partial charge in [0.05, 0.1) is 11.0 Å². The molecule has 3 rings (SSSR count). The van der Waals surface area contributed by atoms with E-state index in [1.165, 1.54) is 6.21 Å². The molecule has 120 valence electrons. The van der Waals surface area contributed by atoms with Crippen LogP contribution in [0.1, 0.15) is 18.4 Å². The molecule has 2 atom stereocenters. The lowest BCUT2D eigenvalue weighted by Crippen LogP contribution is -2.35. The van der Waals surface area contributed by atoms with Crippen LogP contribution in [0.25, 0.3) is 16.6 Å². The molecule has 0 aliphatic carbocycles. The minimum absolute atomic E-state index is 0.239. The monoisotopic (exact) mass is 331 g/mol. The predicted molar refractivity (Wildman–Crippen MR) is 91.5 cm³/mol. The van der Waals surface area contributed by atoms with Gasteiger partial charge in [-0.1, -0.05) is 11.6 Å². The Bertz CT molecular complexity index is 748. The van der Waals surface area contributed by atoms with Crippen molar-refractivity contribution in [3.8, 4) is 0 Å². The molecule has 4 N–H and O–H groups in total. The first-order valence-electron chi connectivity index (χ1n) is 7.46. The standard InChI is InChI=1S/C16H18ClN5O/c17-15-3-2-13-14(22-15)5-10(8-20-13)11(6-18)7-19-9-12-1-4-16(23)21-12/h2-3,5-8,12,16,18-19,21,23H,1,4,9H2/b11-7+,18-6?/t12-,16?/m1/s1. The minimum atomic E-state index is -0.409. The lowest BCUT2D eigenvalue weighted by Gasteiger charge is -2.11. The smallest absolute Gasteiger partial charge is 0.129 e. The largest absolute Gasteiger partial charge is 0.389 e. The predicted octanol–water partition coefficient (Wildman–Crippen LogP) is 1.93. The van der Waals surface area contributed by atoms with Crippen LogP contribution in [0.4, 0.5) is 0 Å². The maximum atomic E-state index is 9.44. The number of pyridine rings is 2. The summed E-state index contributed by atoms with van der Waals surface area (Å²) in [5.74, 6) is 0. The van der Waals surface area contributed by atoms with Gasteiger partial charge in [-0.25, -0.2) is 4.98 Å². The number of aliphatic hydroxyl groups is 1. The second-order valence-corrected chi connectivity index (χ2v) is 5.89. The molecule has 1 saturated heterocycles. The van der Waals surface area contributed by atoms with Crippen molar-refractivity contribution in [1.29, 1.82) is 5.41 Å². The molecule has 1 fully saturated rings. The van der Waals surface area contributed by atoms with Crippen molar-refractivity contribution in [2.45, 2.75) is 25.1 Å². The zero-order chi connectivity index (χ0) is 16.2. The van der Waals surface area contributed by atoms with Gasteiger partial charge in [0.2, 0.25) is 0 Å². The van der Waals surface area contributed by atoms with E-state index in [0.29, 0.717) is 22.8 Å². The van der Waals surface area contributed by atoms with E-state index in [2.05, 4.69) is 20.6 Å². The van der Waals surface area contributed by atoms with E-state index in [0.717, 1.165) is 23.9 Å². The first kappa shape index (κ1) is 15.9. The number of rotatable bonds is 5. The third kappa shape index (κ3) is 3.85. The molecule has 0 saturated carbocycles. The Kier molecular flexibility index (Phi) is 4.85. The van der Waals surface area contributed by atoms with E-state index < -0.39 is 6.23 Å². The van der Waals surface area contributed by atoms with Gasteiger partial charge in [-0.05, 0) is 31.0 Å². The maximum absolute atomic E-state index is 9.44. The minimum Gasteiger partial charge on any atom is -0.389 e. The Morgan fingerprint density at radius 1 is 1.43 bits per heavy atom. The second kappa shape index (κ2) is 7.04. The summed E-state index contributed by atoms with van der Waals surface area (Å²) in [6.07, 6.45) is 6.07. The van der Waals surface area contributed by atoms with Crippen LogP contribution in [0.2, 0.25) is 5.15 Å². The summed E-state index contributed by atoms with van der Waals surface area (Å²) < 4.78 is 0. The van der Waals surface area contributed by atoms with E-state index >= 15 is 0 Å². The number of aromatic nitrogens is 2. The highest BCUT2D eigenvalue weighted by Gasteiger charge is 2.20. The van der Waals surface area contributed by atoms with Crippen molar-refractivity contribution in [3.05, 3.63) is 41.3 Å². The molecular weight excluding hydrogens is 314 g/mol. The molecule has 2 aromatic rings. The third-order valence-electron chi connectivity index (χ3n) is 3.83. The van der Waals surface area contributed by atoms with Gasteiger partial charge >= 0.3 is 0 Å². The number of nitrogens with zero attached hydrogens (tertiary/aromatic N) is 2. The average Bonchev–Trinajstić information content (AvgIpc) is 2.96. The Balaban J connectivity index is 1.74. The first-order chi connectivity index (χ1) is 11.2. The highest BCUT2D eigenvalue weighted by Crippen LogP contribution is 2.18. The fraction of sp³-hybridized carbons (Fsp3) is 0.312. The molecule has 23 heavy (non-hydrogen) atoms. The van der Waals surface area contributed by atoms with Crippen LogP contribution < -0.4 is 10.6 Å². The molecule has 7 heteroatoms. The molecular formula is C16H18ClN5O. The van der Waals surface area contributed by atoms with Crippen molar-refractivity contribution in [2.75, 3.05) is 6.54 Å². The van der Waals surface area contributed by atoms with Gasteiger partial charge in [0.1, 0.15) is 11.4 Å². The van der Waals surface area contributed by atoms with Crippen molar-refractivity contribution >= 4 is 34.4 Å². The molecule has 1 aliphatic heterocycles. The molecule has 0 bridgehead atoms. The SMILES string of the molecule is N=C/C(=C\NC[C@H]1CCC(O)N1)c1cnc2ccc(Cl)nc2c1. The number of aliphatic hydroxyl groups excluding tert-OH is 1. The van der Waals surface area contributed by atoms with E-state index in [-0.39, 0.29) is 6.04 Å². The highest BCUT2D eigenvalue weighted by molar-refractivity contribution is 6.29. The first-order valence-corrected chi connectivity index (χ1v) is 7.84. The van der Waals surface area contributed by atoms with Crippen LogP contribution in [0.3, 0.4) is 0 Å². The number of fused-ring (bicyclic) bond motifs is 1. The number of hydrogen-bond donors (Lipinski definition) is 4. The molecule has 1 unspecified atom stereocenters.